The van der Waals surface area contributed by atoms with E-state index in [-0.39, 0.29) is 0 Å². The number of furan rings is 1. The van der Waals surface area contributed by atoms with Gasteiger partial charge in [-0.1, -0.05) is 30.3 Å². The fraction of sp³-hybridized carbons (Fsp3) is 0.105. The summed E-state index contributed by atoms with van der Waals surface area (Å²) in [7, 11) is 0. The molecular weight excluding hydrogens is 432 g/mol. The van der Waals surface area contributed by atoms with Crippen LogP contribution in [-0.2, 0) is 14.3 Å². The summed E-state index contributed by atoms with van der Waals surface area (Å²) in [6, 6.07) is 13.0. The largest absolute Gasteiger partial charge is 0.450 e. The maximum atomic E-state index is 12.2. The lowest BCUT2D eigenvalue weighted by atomic mass is 10.2. The van der Waals surface area contributed by atoms with Crippen molar-refractivity contribution in [3.8, 4) is 11.3 Å². The number of nitrogens with one attached hydrogen (secondary N) is 1. The Hall–Kier alpha value is -2.71. The molecule has 0 fully saturated rings. The Morgan fingerprint density at radius 1 is 1.26 bits per heavy atom. The van der Waals surface area contributed by atoms with E-state index < -0.39 is 18.0 Å². The standard InChI is InChI=1S/C19H15BrN2O4S/c1-12(25-17(23)10-8-14-7-9-16(20)26-14)18(24)22-19-21-15(11-27-19)13-5-3-2-4-6-13/h2-12H,1H3,(H,21,22,24). The molecule has 1 N–H and O–H groups in total. The molecule has 27 heavy (non-hydrogen) atoms. The fourth-order valence-corrected chi connectivity index (χ4v) is 3.16. The van der Waals surface area contributed by atoms with Crippen molar-refractivity contribution < 1.29 is 18.7 Å². The van der Waals surface area contributed by atoms with Crippen LogP contribution >= 0.6 is 27.3 Å². The highest BCUT2D eigenvalue weighted by molar-refractivity contribution is 9.10. The third-order valence-electron chi connectivity index (χ3n) is 3.44. The number of hydrogen-bond donors (Lipinski definition) is 1. The molecule has 0 saturated heterocycles. The highest BCUT2D eigenvalue weighted by Crippen LogP contribution is 2.24. The molecule has 1 atom stereocenters. The van der Waals surface area contributed by atoms with Crippen LogP contribution in [0.4, 0.5) is 5.13 Å². The van der Waals surface area contributed by atoms with E-state index in [9.17, 15) is 9.59 Å². The van der Waals surface area contributed by atoms with Gasteiger partial charge in [0, 0.05) is 17.0 Å². The van der Waals surface area contributed by atoms with Gasteiger partial charge < -0.3 is 9.15 Å². The van der Waals surface area contributed by atoms with E-state index >= 15 is 0 Å². The molecule has 1 aromatic carbocycles. The Kier molecular flexibility index (Phi) is 6.20. The van der Waals surface area contributed by atoms with Crippen molar-refractivity contribution in [2.24, 2.45) is 0 Å². The number of amides is 1. The molecular formula is C19H15BrN2O4S. The van der Waals surface area contributed by atoms with Gasteiger partial charge in [0.25, 0.3) is 5.91 Å². The first kappa shape index (κ1) is 19.1. The summed E-state index contributed by atoms with van der Waals surface area (Å²) in [5.74, 6) is -0.604. The summed E-state index contributed by atoms with van der Waals surface area (Å²) < 4.78 is 10.9. The molecule has 1 amide bonds. The van der Waals surface area contributed by atoms with Crippen LogP contribution in [0.5, 0.6) is 0 Å². The predicted octanol–water partition coefficient (Wildman–Crippen LogP) is 4.75. The van der Waals surface area contributed by atoms with Crippen molar-refractivity contribution in [3.63, 3.8) is 0 Å². The van der Waals surface area contributed by atoms with Crippen molar-refractivity contribution in [2.45, 2.75) is 13.0 Å². The van der Waals surface area contributed by atoms with Gasteiger partial charge in [-0.25, -0.2) is 9.78 Å². The van der Waals surface area contributed by atoms with Crippen LogP contribution in [-0.4, -0.2) is 23.0 Å². The van der Waals surface area contributed by atoms with E-state index in [1.807, 2.05) is 35.7 Å². The third kappa shape index (κ3) is 5.38. The lowest BCUT2D eigenvalue weighted by molar-refractivity contribution is -0.148. The lowest BCUT2D eigenvalue weighted by Gasteiger charge is -2.10. The zero-order valence-electron chi connectivity index (χ0n) is 14.2. The first-order valence-corrected chi connectivity index (χ1v) is 9.64. The second kappa shape index (κ2) is 8.79. The highest BCUT2D eigenvalue weighted by atomic mass is 79.9. The summed E-state index contributed by atoms with van der Waals surface area (Å²) in [6.07, 6.45) is 1.70. The Labute approximate surface area is 168 Å². The molecule has 0 saturated carbocycles. The van der Waals surface area contributed by atoms with Crippen molar-refractivity contribution >= 4 is 50.4 Å². The minimum absolute atomic E-state index is 0.442. The molecule has 0 aliphatic carbocycles. The van der Waals surface area contributed by atoms with Crippen LogP contribution in [0, 0.1) is 0 Å². The van der Waals surface area contributed by atoms with E-state index in [0.717, 1.165) is 11.3 Å². The number of anilines is 1. The van der Waals surface area contributed by atoms with Gasteiger partial charge in [0.1, 0.15) is 5.76 Å². The number of hydrogen-bond acceptors (Lipinski definition) is 6. The number of nitrogens with zero attached hydrogens (tertiary/aromatic N) is 1. The SMILES string of the molecule is CC(OC(=O)C=Cc1ccc(Br)o1)C(=O)Nc1nc(-c2ccccc2)cs1. The first-order valence-electron chi connectivity index (χ1n) is 7.97. The van der Waals surface area contributed by atoms with E-state index in [4.69, 9.17) is 9.15 Å². The molecule has 3 rings (SSSR count). The minimum Gasteiger partial charge on any atom is -0.450 e. The summed E-state index contributed by atoms with van der Waals surface area (Å²) in [4.78, 5) is 28.4. The number of thiazole rings is 1. The lowest BCUT2D eigenvalue weighted by Crippen LogP contribution is -2.29. The number of carbonyl (C=O) groups is 2. The second-order valence-electron chi connectivity index (χ2n) is 5.45. The van der Waals surface area contributed by atoms with Gasteiger partial charge >= 0.3 is 5.97 Å². The summed E-state index contributed by atoms with van der Waals surface area (Å²) in [6.45, 7) is 1.50. The minimum atomic E-state index is -0.963. The number of halogens is 1. The van der Waals surface area contributed by atoms with Gasteiger partial charge in [-0.05, 0) is 41.1 Å². The molecule has 1 unspecified atom stereocenters. The Morgan fingerprint density at radius 3 is 2.74 bits per heavy atom. The first-order chi connectivity index (χ1) is 13.0. The van der Waals surface area contributed by atoms with Crippen LogP contribution in [0.2, 0.25) is 0 Å². The van der Waals surface area contributed by atoms with Gasteiger partial charge in [-0.3, -0.25) is 10.1 Å². The third-order valence-corrected chi connectivity index (χ3v) is 4.63. The maximum absolute atomic E-state index is 12.2. The second-order valence-corrected chi connectivity index (χ2v) is 7.09. The molecule has 0 spiro atoms. The zero-order valence-corrected chi connectivity index (χ0v) is 16.6. The normalized spacial score (nSPS) is 12.1. The summed E-state index contributed by atoms with van der Waals surface area (Å²) in [5, 5.41) is 4.95. The molecule has 6 nitrogen and oxygen atoms in total. The zero-order chi connectivity index (χ0) is 19.2. The Morgan fingerprint density at radius 2 is 2.04 bits per heavy atom. The van der Waals surface area contributed by atoms with Crippen molar-refractivity contribution in [3.05, 3.63) is 64.4 Å². The molecule has 8 heteroatoms. The van der Waals surface area contributed by atoms with Gasteiger partial charge in [0.15, 0.2) is 15.9 Å². The van der Waals surface area contributed by atoms with E-state index in [1.54, 1.807) is 12.1 Å². The van der Waals surface area contributed by atoms with Crippen LogP contribution in [0.3, 0.4) is 0 Å². The van der Waals surface area contributed by atoms with Gasteiger partial charge in [-0.15, -0.1) is 11.3 Å². The summed E-state index contributed by atoms with van der Waals surface area (Å²) in [5.41, 5.74) is 1.73. The van der Waals surface area contributed by atoms with Crippen LogP contribution in [0.1, 0.15) is 12.7 Å². The monoisotopic (exact) mass is 446 g/mol. The van der Waals surface area contributed by atoms with Crippen molar-refractivity contribution in [1.82, 2.24) is 4.98 Å². The summed E-state index contributed by atoms with van der Waals surface area (Å²) >= 11 is 4.48. The van der Waals surface area contributed by atoms with Gasteiger partial charge in [0.05, 0.1) is 5.69 Å². The molecule has 2 heterocycles. The number of benzene rings is 1. The quantitative estimate of drug-likeness (QED) is 0.436. The van der Waals surface area contributed by atoms with E-state index in [2.05, 4.69) is 26.2 Å². The number of aromatic nitrogens is 1. The average Bonchev–Trinajstić information content (AvgIpc) is 3.29. The highest BCUT2D eigenvalue weighted by Gasteiger charge is 2.18. The molecule has 138 valence electrons. The molecule has 0 aliphatic heterocycles. The average molecular weight is 447 g/mol. The van der Waals surface area contributed by atoms with Crippen molar-refractivity contribution in [1.29, 1.82) is 0 Å². The molecule has 0 aliphatic rings. The molecule has 0 radical (unpaired) electrons. The topological polar surface area (TPSA) is 81.4 Å². The Balaban J connectivity index is 1.54. The van der Waals surface area contributed by atoms with Crippen LogP contribution in [0.25, 0.3) is 17.3 Å². The Bertz CT molecular complexity index is 965. The number of carbonyl (C=O) groups excluding carboxylic acids is 2. The molecule has 3 aromatic rings. The van der Waals surface area contributed by atoms with Crippen LogP contribution in [0.15, 0.2) is 63.0 Å². The predicted molar refractivity (Wildman–Crippen MR) is 107 cm³/mol. The van der Waals surface area contributed by atoms with Gasteiger partial charge in [-0.2, -0.15) is 0 Å². The van der Waals surface area contributed by atoms with E-state index in [0.29, 0.717) is 15.6 Å². The van der Waals surface area contributed by atoms with Gasteiger partial charge in [0.2, 0.25) is 0 Å². The maximum Gasteiger partial charge on any atom is 0.331 e. The van der Waals surface area contributed by atoms with Crippen molar-refractivity contribution in [2.75, 3.05) is 5.32 Å². The molecule has 0 bridgehead atoms. The fourth-order valence-electron chi connectivity index (χ4n) is 2.11. The molecule has 2 aromatic heterocycles. The number of esters is 1. The smallest absolute Gasteiger partial charge is 0.331 e. The van der Waals surface area contributed by atoms with Crippen LogP contribution < -0.4 is 5.32 Å². The number of ether oxygens (including phenoxy) is 1. The van der Waals surface area contributed by atoms with E-state index in [1.165, 1.54) is 30.4 Å². The number of rotatable bonds is 6.